The number of hydrogen-bond donors (Lipinski definition) is 0. The zero-order valence-electron chi connectivity index (χ0n) is 8.33. The molecule has 0 aliphatic heterocycles. The van der Waals surface area contributed by atoms with Crippen molar-refractivity contribution < 1.29 is 26.3 Å². The van der Waals surface area contributed by atoms with Crippen LogP contribution in [0.4, 0.5) is 26.3 Å². The third-order valence-corrected chi connectivity index (χ3v) is 3.48. The van der Waals surface area contributed by atoms with Gasteiger partial charge in [0, 0.05) is 7.27 Å². The first kappa shape index (κ1) is 14.6. The summed E-state index contributed by atoms with van der Waals surface area (Å²) in [5, 5.41) is -0.149. The predicted molar refractivity (Wildman–Crippen MR) is 54.8 cm³/mol. The van der Waals surface area contributed by atoms with E-state index in [-0.39, 0.29) is 11.4 Å². The average molecular weight is 295 g/mol. The minimum absolute atomic E-state index is 0.0826. The molecule has 0 N–H and O–H groups in total. The van der Waals surface area contributed by atoms with Gasteiger partial charge in [0.1, 0.15) is 0 Å². The van der Waals surface area contributed by atoms with E-state index >= 15 is 0 Å². The van der Waals surface area contributed by atoms with Crippen LogP contribution in [0, 0.1) is 0 Å². The Hall–Kier alpha value is -0.480. The fraction of sp³-hybridized carbons (Fsp3) is 0.333. The molecule has 0 radical (unpaired) electrons. The standard InChI is InChI=1S/C9H6ClF6P/c1-17(10)7-3-5(8(11,12)13)2-6(4-7)9(14,15)16/h2-4H,1H3. The highest BCUT2D eigenvalue weighted by Gasteiger charge is 2.37. The third-order valence-electron chi connectivity index (χ3n) is 1.93. The number of alkyl halides is 6. The highest BCUT2D eigenvalue weighted by Crippen LogP contribution is 2.40. The minimum atomic E-state index is -4.82. The molecule has 17 heavy (non-hydrogen) atoms. The third kappa shape index (κ3) is 3.75. The summed E-state index contributed by atoms with van der Waals surface area (Å²) in [4.78, 5) is 0. The second-order valence-electron chi connectivity index (χ2n) is 3.24. The first-order valence-electron chi connectivity index (χ1n) is 4.21. The zero-order valence-corrected chi connectivity index (χ0v) is 9.98. The maximum absolute atomic E-state index is 12.4. The lowest BCUT2D eigenvalue weighted by Gasteiger charge is -2.14. The Morgan fingerprint density at radius 2 is 1.24 bits per heavy atom. The Kier molecular flexibility index (Phi) is 3.99. The highest BCUT2D eigenvalue weighted by molar-refractivity contribution is 7.89. The maximum Gasteiger partial charge on any atom is 0.416 e. The Labute approximate surface area is 99.1 Å². The van der Waals surface area contributed by atoms with Gasteiger partial charge in [-0.1, -0.05) is 11.2 Å². The van der Waals surface area contributed by atoms with Crippen molar-refractivity contribution in [1.29, 1.82) is 0 Å². The van der Waals surface area contributed by atoms with Crippen molar-refractivity contribution in [2.45, 2.75) is 12.4 Å². The lowest BCUT2D eigenvalue weighted by molar-refractivity contribution is -0.142. The van der Waals surface area contributed by atoms with Crippen LogP contribution in [-0.4, -0.2) is 6.66 Å². The van der Waals surface area contributed by atoms with Crippen LogP contribution >= 0.6 is 18.5 Å². The van der Waals surface area contributed by atoms with Crippen molar-refractivity contribution in [2.75, 3.05) is 6.66 Å². The second-order valence-corrected chi connectivity index (χ2v) is 6.23. The predicted octanol–water partition coefficient (Wildman–Crippen LogP) is 4.62. The first-order chi connectivity index (χ1) is 7.51. The molecule has 0 heterocycles. The van der Waals surface area contributed by atoms with Gasteiger partial charge in [0.25, 0.3) is 0 Å². The van der Waals surface area contributed by atoms with Crippen molar-refractivity contribution in [2.24, 2.45) is 0 Å². The van der Waals surface area contributed by atoms with Crippen molar-refractivity contribution in [3.05, 3.63) is 29.3 Å². The molecule has 0 bridgehead atoms. The van der Waals surface area contributed by atoms with E-state index in [9.17, 15) is 26.3 Å². The summed E-state index contributed by atoms with van der Waals surface area (Å²) in [7, 11) is -1.55. The largest absolute Gasteiger partial charge is 0.416 e. The van der Waals surface area contributed by atoms with Gasteiger partial charge in [-0.15, -0.1) is 0 Å². The Bertz CT molecular complexity index is 377. The Morgan fingerprint density at radius 3 is 1.47 bits per heavy atom. The van der Waals surface area contributed by atoms with E-state index < -0.39 is 30.8 Å². The Balaban J connectivity index is 3.40. The molecule has 0 amide bonds. The molecule has 0 fully saturated rings. The van der Waals surface area contributed by atoms with Gasteiger partial charge in [-0.3, -0.25) is 0 Å². The molecule has 0 saturated heterocycles. The molecule has 1 atom stereocenters. The van der Waals surface area contributed by atoms with Crippen molar-refractivity contribution in [3.63, 3.8) is 0 Å². The van der Waals surface area contributed by atoms with E-state index in [1.807, 2.05) is 0 Å². The van der Waals surface area contributed by atoms with Gasteiger partial charge < -0.3 is 0 Å². The number of rotatable bonds is 1. The molecular weight excluding hydrogens is 289 g/mol. The molecule has 0 aliphatic carbocycles. The topological polar surface area (TPSA) is 0 Å². The van der Waals surface area contributed by atoms with Crippen molar-refractivity contribution >= 4 is 23.8 Å². The zero-order chi connectivity index (χ0) is 13.4. The summed E-state index contributed by atoms with van der Waals surface area (Å²) >= 11 is 5.58. The van der Waals surface area contributed by atoms with Crippen LogP contribution in [0.1, 0.15) is 11.1 Å². The van der Waals surface area contributed by atoms with Crippen LogP contribution in [0.3, 0.4) is 0 Å². The first-order valence-corrected chi connectivity index (χ1v) is 6.90. The van der Waals surface area contributed by atoms with Crippen LogP contribution in [0.25, 0.3) is 0 Å². The SMILES string of the molecule is CP(Cl)c1cc(C(F)(F)F)cc(C(F)(F)F)c1. The minimum Gasteiger partial charge on any atom is -0.166 e. The molecule has 1 aromatic carbocycles. The maximum atomic E-state index is 12.4. The summed E-state index contributed by atoms with van der Waals surface area (Å²) in [6, 6.07) is 1.38. The number of halogens is 7. The summed E-state index contributed by atoms with van der Waals surface area (Å²) < 4.78 is 74.4. The van der Waals surface area contributed by atoms with Gasteiger partial charge in [-0.2, -0.15) is 26.3 Å². The van der Waals surface area contributed by atoms with Crippen molar-refractivity contribution in [3.8, 4) is 0 Å². The molecule has 0 aromatic heterocycles. The van der Waals surface area contributed by atoms with Crippen LogP contribution < -0.4 is 5.30 Å². The Morgan fingerprint density at radius 1 is 0.882 bits per heavy atom. The molecule has 1 rings (SSSR count). The fourth-order valence-corrected chi connectivity index (χ4v) is 2.04. The molecule has 0 aliphatic rings. The second kappa shape index (κ2) is 4.65. The molecular formula is C9H6ClF6P. The van der Waals surface area contributed by atoms with Gasteiger partial charge in [0.2, 0.25) is 0 Å². The van der Waals surface area contributed by atoms with Gasteiger partial charge in [-0.05, 0) is 30.2 Å². The van der Waals surface area contributed by atoms with Crippen LogP contribution in [-0.2, 0) is 12.4 Å². The lowest BCUT2D eigenvalue weighted by Crippen LogP contribution is -2.15. The van der Waals surface area contributed by atoms with Crippen LogP contribution in [0.5, 0.6) is 0 Å². The van der Waals surface area contributed by atoms with E-state index in [1.54, 1.807) is 0 Å². The molecule has 0 spiro atoms. The summed E-state index contributed by atoms with van der Waals surface area (Å²) in [5.74, 6) is 0. The smallest absolute Gasteiger partial charge is 0.166 e. The summed E-state index contributed by atoms with van der Waals surface area (Å²) in [6.07, 6.45) is -9.64. The number of hydrogen-bond acceptors (Lipinski definition) is 0. The monoisotopic (exact) mass is 294 g/mol. The quantitative estimate of drug-likeness (QED) is 0.524. The van der Waals surface area contributed by atoms with Gasteiger partial charge in [-0.25, -0.2) is 0 Å². The van der Waals surface area contributed by atoms with E-state index in [4.69, 9.17) is 11.2 Å². The van der Waals surface area contributed by atoms with Gasteiger partial charge in [0.05, 0.1) is 11.1 Å². The van der Waals surface area contributed by atoms with Crippen LogP contribution in [0.15, 0.2) is 18.2 Å². The molecule has 0 saturated carbocycles. The van der Waals surface area contributed by atoms with E-state index in [2.05, 4.69) is 0 Å². The molecule has 0 nitrogen and oxygen atoms in total. The van der Waals surface area contributed by atoms with E-state index in [0.717, 1.165) is 0 Å². The molecule has 96 valence electrons. The molecule has 1 unspecified atom stereocenters. The normalized spacial score (nSPS) is 14.8. The highest BCUT2D eigenvalue weighted by atomic mass is 35.7. The van der Waals surface area contributed by atoms with Gasteiger partial charge in [0.15, 0.2) is 0 Å². The lowest BCUT2D eigenvalue weighted by atomic mass is 10.1. The summed E-state index contributed by atoms with van der Waals surface area (Å²) in [5.41, 5.74) is -2.67. The molecule has 1 aromatic rings. The molecule has 8 heteroatoms. The average Bonchev–Trinajstić information content (AvgIpc) is 2.14. The van der Waals surface area contributed by atoms with Gasteiger partial charge >= 0.3 is 12.4 Å². The van der Waals surface area contributed by atoms with E-state index in [0.29, 0.717) is 12.1 Å². The fourth-order valence-electron chi connectivity index (χ4n) is 1.12. The summed E-state index contributed by atoms with van der Waals surface area (Å²) in [6.45, 7) is 1.37. The number of benzene rings is 1. The van der Waals surface area contributed by atoms with Crippen LogP contribution in [0.2, 0.25) is 0 Å². The van der Waals surface area contributed by atoms with E-state index in [1.165, 1.54) is 6.66 Å². The van der Waals surface area contributed by atoms with Crippen molar-refractivity contribution in [1.82, 2.24) is 0 Å².